The van der Waals surface area contributed by atoms with Crippen molar-refractivity contribution in [1.29, 1.82) is 0 Å². The quantitative estimate of drug-likeness (QED) is 0.726. The molecule has 0 aliphatic heterocycles. The van der Waals surface area contributed by atoms with E-state index in [0.717, 1.165) is 0 Å². The normalized spacial score (nSPS) is 10.7. The zero-order chi connectivity index (χ0) is 10.3. The number of carboxylic acid groups (broad SMARTS) is 1. The van der Waals surface area contributed by atoms with E-state index >= 15 is 0 Å². The molecule has 0 radical (unpaired) electrons. The van der Waals surface area contributed by atoms with Gasteiger partial charge in [0.15, 0.2) is 5.82 Å². The fraction of sp³-hybridized carbons (Fsp3) is 0.111. The summed E-state index contributed by atoms with van der Waals surface area (Å²) < 4.78 is 13.4. The van der Waals surface area contributed by atoms with Gasteiger partial charge in [-0.15, -0.1) is 0 Å². The van der Waals surface area contributed by atoms with Gasteiger partial charge >= 0.3 is 5.97 Å². The molecular weight excluding hydrogens is 187 g/mol. The predicted octanol–water partition coefficient (Wildman–Crippen LogP) is 1.71. The van der Waals surface area contributed by atoms with Crippen molar-refractivity contribution in [3.8, 4) is 0 Å². The van der Waals surface area contributed by atoms with Gasteiger partial charge < -0.3 is 10.1 Å². The number of aromatic nitrogens is 2. The Hall–Kier alpha value is -1.91. The van der Waals surface area contributed by atoms with Crippen molar-refractivity contribution in [3.05, 3.63) is 29.5 Å². The molecule has 0 saturated heterocycles. The number of aromatic carboxylic acids is 1. The number of carboxylic acids is 1. The number of nitrogens with one attached hydrogen (secondary N) is 1. The van der Waals surface area contributed by atoms with Crippen LogP contribution in [0.5, 0.6) is 0 Å². The van der Waals surface area contributed by atoms with Crippen molar-refractivity contribution in [2.45, 2.75) is 6.92 Å². The summed E-state index contributed by atoms with van der Waals surface area (Å²) in [5.74, 6) is -1.59. The van der Waals surface area contributed by atoms with Crippen LogP contribution in [0.1, 0.15) is 16.2 Å². The first-order valence-corrected chi connectivity index (χ1v) is 3.96. The lowest BCUT2D eigenvalue weighted by Gasteiger charge is -1.94. The van der Waals surface area contributed by atoms with Crippen LogP contribution in [0.15, 0.2) is 12.3 Å². The number of rotatable bonds is 1. The minimum absolute atomic E-state index is 0.0358. The van der Waals surface area contributed by atoms with E-state index in [0.29, 0.717) is 5.52 Å². The van der Waals surface area contributed by atoms with Crippen molar-refractivity contribution < 1.29 is 14.3 Å². The molecule has 72 valence electrons. The Labute approximate surface area is 78.4 Å². The van der Waals surface area contributed by atoms with Gasteiger partial charge in [-0.1, -0.05) is 0 Å². The first kappa shape index (κ1) is 8.68. The highest BCUT2D eigenvalue weighted by Crippen LogP contribution is 2.19. The molecule has 0 atom stereocenters. The highest BCUT2D eigenvalue weighted by Gasteiger charge is 2.12. The van der Waals surface area contributed by atoms with Crippen LogP contribution in [0.4, 0.5) is 4.39 Å². The van der Waals surface area contributed by atoms with Crippen LogP contribution < -0.4 is 0 Å². The van der Waals surface area contributed by atoms with Crippen molar-refractivity contribution in [1.82, 2.24) is 9.97 Å². The second kappa shape index (κ2) is 2.80. The van der Waals surface area contributed by atoms with Gasteiger partial charge in [-0.05, 0) is 13.0 Å². The number of pyridine rings is 1. The molecule has 2 heterocycles. The van der Waals surface area contributed by atoms with Gasteiger partial charge in [0, 0.05) is 5.39 Å². The molecule has 2 aromatic heterocycles. The lowest BCUT2D eigenvalue weighted by atomic mass is 10.2. The van der Waals surface area contributed by atoms with Crippen molar-refractivity contribution in [2.75, 3.05) is 0 Å². The largest absolute Gasteiger partial charge is 0.477 e. The molecule has 2 N–H and O–H groups in total. The maximum atomic E-state index is 13.4. The van der Waals surface area contributed by atoms with Crippen molar-refractivity contribution in [2.24, 2.45) is 0 Å². The second-order valence-corrected chi connectivity index (χ2v) is 2.97. The molecule has 2 aromatic rings. The second-order valence-electron chi connectivity index (χ2n) is 2.97. The van der Waals surface area contributed by atoms with Crippen molar-refractivity contribution >= 4 is 16.9 Å². The maximum Gasteiger partial charge on any atom is 0.352 e. The molecule has 0 aliphatic carbocycles. The third-order valence-corrected chi connectivity index (χ3v) is 2.02. The van der Waals surface area contributed by atoms with Gasteiger partial charge in [-0.25, -0.2) is 9.18 Å². The molecule has 4 nitrogen and oxygen atoms in total. The summed E-state index contributed by atoms with van der Waals surface area (Å²) in [4.78, 5) is 16.9. The Kier molecular flexibility index (Phi) is 1.73. The lowest BCUT2D eigenvalue weighted by Crippen LogP contribution is -1.94. The van der Waals surface area contributed by atoms with E-state index in [4.69, 9.17) is 5.11 Å². The molecule has 0 amide bonds. The third kappa shape index (κ3) is 1.14. The molecule has 0 bridgehead atoms. The summed E-state index contributed by atoms with van der Waals surface area (Å²) in [6.07, 6.45) is 1.42. The van der Waals surface area contributed by atoms with E-state index in [2.05, 4.69) is 9.97 Å². The average molecular weight is 194 g/mol. The number of hydrogen-bond acceptors (Lipinski definition) is 2. The summed E-state index contributed by atoms with van der Waals surface area (Å²) >= 11 is 0. The number of hydrogen-bond donors (Lipinski definition) is 2. The van der Waals surface area contributed by atoms with E-state index in [-0.39, 0.29) is 16.8 Å². The molecule has 2 rings (SSSR count). The SMILES string of the molecule is Cc1ncc2[nH]c(C(=O)O)cc2c1F. The minimum Gasteiger partial charge on any atom is -0.477 e. The van der Waals surface area contributed by atoms with Gasteiger partial charge in [-0.3, -0.25) is 4.98 Å². The molecule has 0 fully saturated rings. The van der Waals surface area contributed by atoms with E-state index in [1.165, 1.54) is 19.2 Å². The molecule has 0 spiro atoms. The number of aromatic amines is 1. The minimum atomic E-state index is -1.11. The zero-order valence-corrected chi connectivity index (χ0v) is 7.34. The van der Waals surface area contributed by atoms with Crippen LogP contribution >= 0.6 is 0 Å². The summed E-state index contributed by atoms with van der Waals surface area (Å²) in [5, 5.41) is 8.93. The fourth-order valence-corrected chi connectivity index (χ4v) is 1.28. The zero-order valence-electron chi connectivity index (χ0n) is 7.34. The summed E-state index contributed by atoms with van der Waals surface area (Å²) in [5.41, 5.74) is 0.616. The van der Waals surface area contributed by atoms with Crippen LogP contribution in [0, 0.1) is 12.7 Å². The van der Waals surface area contributed by atoms with Crippen LogP contribution in [0.3, 0.4) is 0 Å². The summed E-state index contributed by atoms with van der Waals surface area (Å²) in [6, 6.07) is 1.27. The Morgan fingerprint density at radius 1 is 1.64 bits per heavy atom. The summed E-state index contributed by atoms with van der Waals surface area (Å²) in [6.45, 7) is 1.53. The standard InChI is InChI=1S/C9H7FN2O2/c1-4-8(10)5-2-6(9(13)14)12-7(5)3-11-4/h2-3,12H,1H3,(H,13,14). The van der Waals surface area contributed by atoms with Crippen LogP contribution in [-0.4, -0.2) is 21.0 Å². The lowest BCUT2D eigenvalue weighted by molar-refractivity contribution is 0.0691. The molecule has 5 heteroatoms. The number of aryl methyl sites for hydroxylation is 1. The van der Waals surface area contributed by atoms with Crippen LogP contribution in [0.2, 0.25) is 0 Å². The first-order chi connectivity index (χ1) is 6.59. The average Bonchev–Trinajstić information content (AvgIpc) is 2.56. The summed E-state index contributed by atoms with van der Waals surface area (Å²) in [7, 11) is 0. The number of halogens is 1. The monoisotopic (exact) mass is 194 g/mol. The Bertz CT molecular complexity index is 519. The molecule has 0 unspecified atom stereocenters. The van der Waals surface area contributed by atoms with Gasteiger partial charge in [0.05, 0.1) is 17.4 Å². The smallest absolute Gasteiger partial charge is 0.352 e. The third-order valence-electron chi connectivity index (χ3n) is 2.02. The van der Waals surface area contributed by atoms with E-state index in [1.807, 2.05) is 0 Å². The fourth-order valence-electron chi connectivity index (χ4n) is 1.28. The van der Waals surface area contributed by atoms with E-state index in [9.17, 15) is 9.18 Å². The number of nitrogens with zero attached hydrogens (tertiary/aromatic N) is 1. The number of H-pyrrole nitrogens is 1. The van der Waals surface area contributed by atoms with Gasteiger partial charge in [-0.2, -0.15) is 0 Å². The van der Waals surface area contributed by atoms with Crippen LogP contribution in [0.25, 0.3) is 10.9 Å². The maximum absolute atomic E-state index is 13.4. The van der Waals surface area contributed by atoms with Gasteiger partial charge in [0.25, 0.3) is 0 Å². The topological polar surface area (TPSA) is 66.0 Å². The molecular formula is C9H7FN2O2. The van der Waals surface area contributed by atoms with Gasteiger partial charge in [0.2, 0.25) is 0 Å². The van der Waals surface area contributed by atoms with Gasteiger partial charge in [0.1, 0.15) is 5.69 Å². The van der Waals surface area contributed by atoms with E-state index in [1.54, 1.807) is 0 Å². The highest BCUT2D eigenvalue weighted by molar-refractivity contribution is 5.93. The first-order valence-electron chi connectivity index (χ1n) is 3.96. The van der Waals surface area contributed by atoms with Crippen LogP contribution in [-0.2, 0) is 0 Å². The molecule has 0 aromatic carbocycles. The number of fused-ring (bicyclic) bond motifs is 1. The predicted molar refractivity (Wildman–Crippen MR) is 47.7 cm³/mol. The highest BCUT2D eigenvalue weighted by atomic mass is 19.1. The van der Waals surface area contributed by atoms with Crippen molar-refractivity contribution in [3.63, 3.8) is 0 Å². The molecule has 0 aliphatic rings. The number of carbonyl (C=O) groups is 1. The molecule has 14 heavy (non-hydrogen) atoms. The Morgan fingerprint density at radius 2 is 2.36 bits per heavy atom. The molecule has 0 saturated carbocycles. The Balaban J connectivity index is 2.77. The van der Waals surface area contributed by atoms with E-state index < -0.39 is 11.8 Å². The Morgan fingerprint density at radius 3 is 3.00 bits per heavy atom.